The molecule has 0 aromatic rings. The Morgan fingerprint density at radius 2 is 2.08 bits per heavy atom. The van der Waals surface area contributed by atoms with E-state index >= 15 is 0 Å². The molecule has 0 aromatic heterocycles. The van der Waals surface area contributed by atoms with Crippen LogP contribution >= 0.6 is 0 Å². The summed E-state index contributed by atoms with van der Waals surface area (Å²) in [6.07, 6.45) is -1.18. The zero-order chi connectivity index (χ0) is 9.84. The summed E-state index contributed by atoms with van der Waals surface area (Å²) >= 11 is 0. The first-order chi connectivity index (χ1) is 6.19. The maximum atomic E-state index is 10.9. The lowest BCUT2D eigenvalue weighted by molar-refractivity contribution is -0.157. The zero-order valence-electron chi connectivity index (χ0n) is 7.23. The van der Waals surface area contributed by atoms with E-state index in [-0.39, 0.29) is 12.9 Å². The lowest BCUT2D eigenvalue weighted by Crippen LogP contribution is -2.25. The van der Waals surface area contributed by atoms with Crippen molar-refractivity contribution in [3.05, 3.63) is 6.29 Å². The number of esters is 2. The zero-order valence-corrected chi connectivity index (χ0v) is 7.23. The second kappa shape index (κ2) is 4.20. The van der Waals surface area contributed by atoms with E-state index in [1.165, 1.54) is 14.2 Å². The second-order valence-electron chi connectivity index (χ2n) is 2.22. The van der Waals surface area contributed by atoms with Gasteiger partial charge in [-0.25, -0.2) is 9.59 Å². The SMILES string of the molecule is COC(=O)[C]1OCC(C(=O)OC)O1. The quantitative estimate of drug-likeness (QED) is 0.531. The molecule has 1 aliphatic heterocycles. The largest absolute Gasteiger partial charge is 0.467 e. The van der Waals surface area contributed by atoms with Crippen LogP contribution in [0.2, 0.25) is 0 Å². The number of hydrogen-bond donors (Lipinski definition) is 0. The Morgan fingerprint density at radius 3 is 2.62 bits per heavy atom. The molecule has 6 heteroatoms. The van der Waals surface area contributed by atoms with Crippen LogP contribution in [0, 0.1) is 6.29 Å². The molecule has 0 aromatic carbocycles. The molecule has 73 valence electrons. The van der Waals surface area contributed by atoms with E-state index in [2.05, 4.69) is 9.47 Å². The number of ether oxygens (including phenoxy) is 4. The molecule has 1 radical (unpaired) electrons. The summed E-state index contributed by atoms with van der Waals surface area (Å²) in [6, 6.07) is 0. The normalized spacial score (nSPS) is 22.8. The van der Waals surface area contributed by atoms with Crippen LogP contribution in [-0.2, 0) is 28.5 Å². The molecule has 1 fully saturated rings. The first-order valence-electron chi connectivity index (χ1n) is 3.51. The van der Waals surface area contributed by atoms with Crippen LogP contribution in [0.3, 0.4) is 0 Å². The van der Waals surface area contributed by atoms with Gasteiger partial charge in [-0.3, -0.25) is 0 Å². The van der Waals surface area contributed by atoms with Crippen LogP contribution in [0.15, 0.2) is 0 Å². The third kappa shape index (κ3) is 2.16. The molecular formula is C7H9O6. The molecule has 1 atom stereocenters. The van der Waals surface area contributed by atoms with Gasteiger partial charge in [0.2, 0.25) is 0 Å². The summed E-state index contributed by atoms with van der Waals surface area (Å²) in [5.41, 5.74) is 0. The van der Waals surface area contributed by atoms with E-state index in [4.69, 9.17) is 9.47 Å². The summed E-state index contributed by atoms with van der Waals surface area (Å²) in [5, 5.41) is 0. The van der Waals surface area contributed by atoms with Gasteiger partial charge in [0.15, 0.2) is 6.10 Å². The Bertz CT molecular complexity index is 191. The first kappa shape index (κ1) is 9.94. The molecule has 0 spiro atoms. The molecule has 0 N–H and O–H groups in total. The van der Waals surface area contributed by atoms with Gasteiger partial charge < -0.3 is 18.9 Å². The van der Waals surface area contributed by atoms with Crippen molar-refractivity contribution in [2.75, 3.05) is 20.8 Å². The van der Waals surface area contributed by atoms with E-state index in [0.717, 1.165) is 0 Å². The fourth-order valence-corrected chi connectivity index (χ4v) is 0.787. The standard InChI is InChI=1S/C7H9O6/c1-10-5(8)4-3-12-7(13-4)6(9)11-2/h4H,3H2,1-2H3. The van der Waals surface area contributed by atoms with Crippen molar-refractivity contribution in [1.82, 2.24) is 0 Å². The van der Waals surface area contributed by atoms with Gasteiger partial charge in [-0.1, -0.05) is 0 Å². The van der Waals surface area contributed by atoms with Crippen molar-refractivity contribution in [2.24, 2.45) is 0 Å². The number of carbonyl (C=O) groups is 2. The van der Waals surface area contributed by atoms with Crippen molar-refractivity contribution >= 4 is 11.9 Å². The number of hydrogen-bond acceptors (Lipinski definition) is 6. The summed E-state index contributed by atoms with van der Waals surface area (Å²) in [7, 11) is 2.41. The third-order valence-corrected chi connectivity index (χ3v) is 1.43. The highest BCUT2D eigenvalue weighted by Gasteiger charge is 2.39. The minimum Gasteiger partial charge on any atom is -0.467 e. The predicted octanol–water partition coefficient (Wildman–Crippen LogP) is -0.763. The van der Waals surface area contributed by atoms with E-state index in [1.54, 1.807) is 0 Å². The molecule has 1 saturated heterocycles. The minimum atomic E-state index is -0.876. The minimum absolute atomic E-state index is 0.0306. The molecule has 13 heavy (non-hydrogen) atoms. The van der Waals surface area contributed by atoms with Gasteiger partial charge in [0, 0.05) is 0 Å². The smallest absolute Gasteiger partial charge is 0.373 e. The van der Waals surface area contributed by atoms with Gasteiger partial charge in [0.05, 0.1) is 20.8 Å². The Morgan fingerprint density at radius 1 is 1.38 bits per heavy atom. The molecule has 1 rings (SSSR count). The average Bonchev–Trinajstić information content (AvgIpc) is 2.64. The number of carbonyl (C=O) groups excluding carboxylic acids is 2. The van der Waals surface area contributed by atoms with Gasteiger partial charge >= 0.3 is 18.2 Å². The van der Waals surface area contributed by atoms with Crippen molar-refractivity contribution < 1.29 is 28.5 Å². The van der Waals surface area contributed by atoms with Gasteiger partial charge in [0.1, 0.15) is 0 Å². The van der Waals surface area contributed by atoms with Crippen molar-refractivity contribution in [2.45, 2.75) is 6.10 Å². The van der Waals surface area contributed by atoms with Gasteiger partial charge in [-0.15, -0.1) is 0 Å². The van der Waals surface area contributed by atoms with Crippen molar-refractivity contribution in [1.29, 1.82) is 0 Å². The van der Waals surface area contributed by atoms with Crippen LogP contribution in [0.4, 0.5) is 0 Å². The third-order valence-electron chi connectivity index (χ3n) is 1.43. The maximum absolute atomic E-state index is 10.9. The number of methoxy groups -OCH3 is 2. The molecule has 1 aliphatic rings. The first-order valence-corrected chi connectivity index (χ1v) is 3.51. The van der Waals surface area contributed by atoms with Crippen LogP contribution < -0.4 is 0 Å². The molecule has 1 unspecified atom stereocenters. The van der Waals surface area contributed by atoms with Crippen LogP contribution in [-0.4, -0.2) is 38.9 Å². The van der Waals surface area contributed by atoms with Gasteiger partial charge in [-0.2, -0.15) is 0 Å². The van der Waals surface area contributed by atoms with E-state index < -0.39 is 18.0 Å². The lowest BCUT2D eigenvalue weighted by Gasteiger charge is -2.05. The summed E-state index contributed by atoms with van der Waals surface area (Å²) in [6.45, 7) is -0.0306. The highest BCUT2D eigenvalue weighted by atomic mass is 16.8. The average molecular weight is 189 g/mol. The summed E-state index contributed by atoms with van der Waals surface area (Å²) in [5.74, 6) is -1.33. The van der Waals surface area contributed by atoms with E-state index in [0.29, 0.717) is 0 Å². The Hall–Kier alpha value is -1.14. The van der Waals surface area contributed by atoms with E-state index in [9.17, 15) is 9.59 Å². The predicted molar refractivity (Wildman–Crippen MR) is 38.1 cm³/mol. The molecule has 1 heterocycles. The van der Waals surface area contributed by atoms with Crippen LogP contribution in [0.25, 0.3) is 0 Å². The Labute approximate surface area is 74.7 Å². The Kier molecular flexibility index (Phi) is 3.21. The lowest BCUT2D eigenvalue weighted by atomic mass is 10.4. The van der Waals surface area contributed by atoms with Crippen molar-refractivity contribution in [3.8, 4) is 0 Å². The summed E-state index contributed by atoms with van der Waals surface area (Å²) < 4.78 is 18.3. The topological polar surface area (TPSA) is 71.1 Å². The fraction of sp³-hybridized carbons (Fsp3) is 0.571. The maximum Gasteiger partial charge on any atom is 0.373 e. The number of rotatable bonds is 2. The molecule has 0 bridgehead atoms. The van der Waals surface area contributed by atoms with Crippen molar-refractivity contribution in [3.63, 3.8) is 0 Å². The monoisotopic (exact) mass is 189 g/mol. The van der Waals surface area contributed by atoms with Crippen LogP contribution in [0.5, 0.6) is 0 Å². The second-order valence-corrected chi connectivity index (χ2v) is 2.22. The Balaban J connectivity index is 2.44. The molecular weight excluding hydrogens is 180 g/mol. The molecule has 0 saturated carbocycles. The molecule has 0 amide bonds. The summed E-state index contributed by atoms with van der Waals surface area (Å²) in [4.78, 5) is 21.7. The fourth-order valence-electron chi connectivity index (χ4n) is 0.787. The highest BCUT2D eigenvalue weighted by Crippen LogP contribution is 2.19. The molecule has 6 nitrogen and oxygen atoms in total. The van der Waals surface area contributed by atoms with Gasteiger partial charge in [-0.05, 0) is 0 Å². The molecule has 0 aliphatic carbocycles. The van der Waals surface area contributed by atoms with E-state index in [1.807, 2.05) is 0 Å². The van der Waals surface area contributed by atoms with Gasteiger partial charge in [0.25, 0.3) is 0 Å². The van der Waals surface area contributed by atoms with Crippen LogP contribution in [0.1, 0.15) is 0 Å². The highest BCUT2D eigenvalue weighted by molar-refractivity contribution is 5.83.